The Bertz CT molecular complexity index is 423. The largest absolute Gasteiger partial charge is 0.481 e. The Kier molecular flexibility index (Phi) is 4.07. The third-order valence-electron chi connectivity index (χ3n) is 4.03. The van der Waals surface area contributed by atoms with Crippen LogP contribution in [-0.2, 0) is 11.2 Å². The summed E-state index contributed by atoms with van der Waals surface area (Å²) >= 11 is 1.79. The first-order valence-corrected chi connectivity index (χ1v) is 7.36. The minimum absolute atomic E-state index is 0.459. The van der Waals surface area contributed by atoms with Crippen molar-refractivity contribution in [3.63, 3.8) is 0 Å². The summed E-state index contributed by atoms with van der Waals surface area (Å²) in [5.41, 5.74) is 0.893. The average molecular weight is 267 g/mol. The number of aryl methyl sites for hydroxylation is 1. The van der Waals surface area contributed by atoms with Gasteiger partial charge in [-0.1, -0.05) is 6.42 Å². The van der Waals surface area contributed by atoms with Crippen LogP contribution in [0.3, 0.4) is 0 Å². The van der Waals surface area contributed by atoms with E-state index in [0.29, 0.717) is 6.54 Å². The van der Waals surface area contributed by atoms with Gasteiger partial charge < -0.3 is 10.0 Å². The maximum atomic E-state index is 11.3. The Labute approximate surface area is 112 Å². The van der Waals surface area contributed by atoms with Crippen molar-refractivity contribution in [3.05, 3.63) is 21.9 Å². The Morgan fingerprint density at radius 2 is 2.28 bits per heavy atom. The van der Waals surface area contributed by atoms with Crippen LogP contribution >= 0.6 is 11.3 Å². The van der Waals surface area contributed by atoms with E-state index in [9.17, 15) is 9.90 Å². The number of rotatable bonds is 6. The summed E-state index contributed by atoms with van der Waals surface area (Å²) in [6.45, 7) is 3.76. The van der Waals surface area contributed by atoms with E-state index in [1.165, 1.54) is 10.4 Å². The Hall–Kier alpha value is -0.870. The second-order valence-electron chi connectivity index (χ2n) is 5.45. The molecule has 0 radical (unpaired) electrons. The standard InChI is InChI=1S/C14H21NO2S/c1-11-5-9-18-12(11)4-8-15(2)10-14(13(16)17)6-3-7-14/h5,9H,3-4,6-8,10H2,1-2H3,(H,16,17). The lowest BCUT2D eigenvalue weighted by atomic mass is 9.68. The highest BCUT2D eigenvalue weighted by Crippen LogP contribution is 2.41. The summed E-state index contributed by atoms with van der Waals surface area (Å²) in [5.74, 6) is -0.618. The van der Waals surface area contributed by atoms with E-state index < -0.39 is 11.4 Å². The van der Waals surface area contributed by atoms with Crippen molar-refractivity contribution in [2.45, 2.75) is 32.6 Å². The third kappa shape index (κ3) is 2.75. The molecule has 1 aromatic rings. The van der Waals surface area contributed by atoms with Gasteiger partial charge in [0.2, 0.25) is 0 Å². The molecule has 1 aliphatic carbocycles. The van der Waals surface area contributed by atoms with Gasteiger partial charge in [0.1, 0.15) is 0 Å². The van der Waals surface area contributed by atoms with Crippen molar-refractivity contribution in [1.29, 1.82) is 0 Å². The minimum atomic E-state index is -0.618. The number of carboxylic acid groups (broad SMARTS) is 1. The number of nitrogens with zero attached hydrogens (tertiary/aromatic N) is 1. The molecular weight excluding hydrogens is 246 g/mol. The molecular formula is C14H21NO2S. The fourth-order valence-electron chi connectivity index (χ4n) is 2.59. The quantitative estimate of drug-likeness (QED) is 0.861. The Morgan fingerprint density at radius 1 is 1.56 bits per heavy atom. The molecule has 0 spiro atoms. The molecule has 1 aliphatic rings. The first kappa shape index (κ1) is 13.6. The van der Waals surface area contributed by atoms with Crippen LogP contribution in [0.5, 0.6) is 0 Å². The summed E-state index contributed by atoms with van der Waals surface area (Å²) in [6.07, 6.45) is 3.76. The highest BCUT2D eigenvalue weighted by Gasteiger charge is 2.44. The molecule has 3 nitrogen and oxygen atoms in total. The zero-order chi connectivity index (χ0) is 13.2. The SMILES string of the molecule is Cc1ccsc1CCN(C)CC1(C(=O)O)CCC1. The normalized spacial score (nSPS) is 17.7. The maximum Gasteiger partial charge on any atom is 0.310 e. The third-order valence-corrected chi connectivity index (χ3v) is 5.11. The highest BCUT2D eigenvalue weighted by molar-refractivity contribution is 7.10. The van der Waals surface area contributed by atoms with Crippen molar-refractivity contribution >= 4 is 17.3 Å². The summed E-state index contributed by atoms with van der Waals surface area (Å²) in [7, 11) is 2.03. The van der Waals surface area contributed by atoms with Gasteiger partial charge in [-0.2, -0.15) is 0 Å². The molecule has 1 saturated carbocycles. The van der Waals surface area contributed by atoms with Crippen LogP contribution in [0.15, 0.2) is 11.4 Å². The topological polar surface area (TPSA) is 40.5 Å². The predicted molar refractivity (Wildman–Crippen MR) is 74.2 cm³/mol. The molecule has 0 atom stereocenters. The van der Waals surface area contributed by atoms with E-state index >= 15 is 0 Å². The fourth-order valence-corrected chi connectivity index (χ4v) is 3.49. The molecule has 0 amide bonds. The molecule has 2 rings (SSSR count). The van der Waals surface area contributed by atoms with Gasteiger partial charge in [0.15, 0.2) is 0 Å². The van der Waals surface area contributed by atoms with Gasteiger partial charge in [0, 0.05) is 18.0 Å². The van der Waals surface area contributed by atoms with Crippen molar-refractivity contribution in [2.24, 2.45) is 5.41 Å². The Balaban J connectivity index is 1.84. The monoisotopic (exact) mass is 267 g/mol. The zero-order valence-corrected chi connectivity index (χ0v) is 11.9. The van der Waals surface area contributed by atoms with Crippen molar-refractivity contribution < 1.29 is 9.90 Å². The van der Waals surface area contributed by atoms with E-state index in [0.717, 1.165) is 32.2 Å². The van der Waals surface area contributed by atoms with Gasteiger partial charge in [-0.3, -0.25) is 4.79 Å². The number of likely N-dealkylation sites (N-methyl/N-ethyl adjacent to an activating group) is 1. The van der Waals surface area contributed by atoms with Crippen LogP contribution in [0.2, 0.25) is 0 Å². The molecule has 0 saturated heterocycles. The Morgan fingerprint density at radius 3 is 2.72 bits per heavy atom. The minimum Gasteiger partial charge on any atom is -0.481 e. The van der Waals surface area contributed by atoms with Crippen LogP contribution < -0.4 is 0 Å². The molecule has 1 N–H and O–H groups in total. The van der Waals surface area contributed by atoms with E-state index in [1.807, 2.05) is 7.05 Å². The lowest BCUT2D eigenvalue weighted by molar-refractivity contribution is -0.156. The molecule has 18 heavy (non-hydrogen) atoms. The number of carbonyl (C=O) groups is 1. The maximum absolute atomic E-state index is 11.3. The molecule has 1 aromatic heterocycles. The number of carboxylic acids is 1. The van der Waals surface area contributed by atoms with Gasteiger partial charge in [-0.15, -0.1) is 11.3 Å². The summed E-state index contributed by atoms with van der Waals surface area (Å²) < 4.78 is 0. The second-order valence-corrected chi connectivity index (χ2v) is 6.45. The van der Waals surface area contributed by atoms with Gasteiger partial charge in [0.05, 0.1) is 5.41 Å². The summed E-state index contributed by atoms with van der Waals surface area (Å²) in [5, 5.41) is 11.4. The van der Waals surface area contributed by atoms with Crippen LogP contribution in [0.4, 0.5) is 0 Å². The van der Waals surface area contributed by atoms with Crippen LogP contribution in [-0.4, -0.2) is 36.1 Å². The fraction of sp³-hybridized carbons (Fsp3) is 0.643. The number of aliphatic carboxylic acids is 1. The van der Waals surface area contributed by atoms with Crippen LogP contribution in [0, 0.1) is 12.3 Å². The number of hydrogen-bond donors (Lipinski definition) is 1. The first-order valence-electron chi connectivity index (χ1n) is 6.48. The molecule has 4 heteroatoms. The van der Waals surface area contributed by atoms with Crippen LogP contribution in [0.1, 0.15) is 29.7 Å². The van der Waals surface area contributed by atoms with E-state index in [4.69, 9.17) is 0 Å². The van der Waals surface area contributed by atoms with Crippen molar-refractivity contribution in [1.82, 2.24) is 4.90 Å². The van der Waals surface area contributed by atoms with Gasteiger partial charge in [-0.25, -0.2) is 0 Å². The average Bonchev–Trinajstić information content (AvgIpc) is 2.66. The number of hydrogen-bond acceptors (Lipinski definition) is 3. The van der Waals surface area contributed by atoms with Gasteiger partial charge in [0.25, 0.3) is 0 Å². The van der Waals surface area contributed by atoms with Gasteiger partial charge in [-0.05, 0) is 50.2 Å². The molecule has 0 aromatic carbocycles. The van der Waals surface area contributed by atoms with Gasteiger partial charge >= 0.3 is 5.97 Å². The van der Waals surface area contributed by atoms with E-state index in [-0.39, 0.29) is 0 Å². The van der Waals surface area contributed by atoms with E-state index in [1.54, 1.807) is 11.3 Å². The first-order chi connectivity index (χ1) is 8.53. The van der Waals surface area contributed by atoms with Crippen molar-refractivity contribution in [3.8, 4) is 0 Å². The molecule has 100 valence electrons. The molecule has 0 bridgehead atoms. The lowest BCUT2D eigenvalue weighted by Crippen LogP contribution is -2.47. The molecule has 0 unspecified atom stereocenters. The summed E-state index contributed by atoms with van der Waals surface area (Å²) in [4.78, 5) is 14.9. The molecule has 1 heterocycles. The second kappa shape index (κ2) is 5.41. The smallest absolute Gasteiger partial charge is 0.310 e. The lowest BCUT2D eigenvalue weighted by Gasteiger charge is -2.40. The number of thiophene rings is 1. The molecule has 1 fully saturated rings. The summed E-state index contributed by atoms with van der Waals surface area (Å²) in [6, 6.07) is 2.14. The highest BCUT2D eigenvalue weighted by atomic mass is 32.1. The van der Waals surface area contributed by atoms with Crippen LogP contribution in [0.25, 0.3) is 0 Å². The molecule has 0 aliphatic heterocycles. The van der Waals surface area contributed by atoms with E-state index in [2.05, 4.69) is 23.3 Å². The zero-order valence-electron chi connectivity index (χ0n) is 11.1. The van der Waals surface area contributed by atoms with Crippen molar-refractivity contribution in [2.75, 3.05) is 20.1 Å². The predicted octanol–water partition coefficient (Wildman–Crippen LogP) is 2.79.